The Labute approximate surface area is 201 Å². The first-order chi connectivity index (χ1) is 16.2. The minimum absolute atomic E-state index is 0.0165. The second kappa shape index (κ2) is 8.75. The summed E-state index contributed by atoms with van der Waals surface area (Å²) in [5, 5.41) is 0. The number of fused-ring (bicyclic) bond motifs is 1. The molecule has 0 saturated heterocycles. The molecular formula is C26H28O6S2. The van der Waals surface area contributed by atoms with Crippen LogP contribution in [-0.2, 0) is 28.6 Å². The van der Waals surface area contributed by atoms with Gasteiger partial charge in [0.05, 0.1) is 23.0 Å². The Hall–Kier alpha value is -2.26. The number of hydrogen-bond acceptors (Lipinski definition) is 6. The van der Waals surface area contributed by atoms with Gasteiger partial charge < -0.3 is 0 Å². The molecule has 2 aromatic carbocycles. The highest BCUT2D eigenvalue weighted by Gasteiger charge is 2.53. The Balaban J connectivity index is 1.34. The third-order valence-electron chi connectivity index (χ3n) is 7.43. The zero-order valence-corrected chi connectivity index (χ0v) is 20.7. The Morgan fingerprint density at radius 3 is 1.21 bits per heavy atom. The van der Waals surface area contributed by atoms with Crippen LogP contribution in [0.1, 0.15) is 11.1 Å². The molecule has 8 heteroatoms. The quantitative estimate of drug-likeness (QED) is 0.398. The third kappa shape index (κ3) is 4.28. The van der Waals surface area contributed by atoms with E-state index in [1.807, 2.05) is 13.8 Å². The predicted octanol–water partition coefficient (Wildman–Crippen LogP) is 4.26. The highest BCUT2D eigenvalue weighted by Crippen LogP contribution is 2.56. The summed E-state index contributed by atoms with van der Waals surface area (Å²) in [5.74, 6) is 0.489. The van der Waals surface area contributed by atoms with E-state index < -0.39 is 20.2 Å². The first-order valence-corrected chi connectivity index (χ1v) is 14.3. The lowest BCUT2D eigenvalue weighted by Crippen LogP contribution is -2.52. The summed E-state index contributed by atoms with van der Waals surface area (Å²) in [6.45, 7) is 3.75. The maximum atomic E-state index is 12.8. The van der Waals surface area contributed by atoms with Crippen molar-refractivity contribution in [2.24, 2.45) is 35.5 Å². The predicted molar refractivity (Wildman–Crippen MR) is 128 cm³/mol. The van der Waals surface area contributed by atoms with E-state index in [1.54, 1.807) is 24.3 Å². The van der Waals surface area contributed by atoms with Crippen molar-refractivity contribution in [2.75, 3.05) is 13.2 Å². The summed E-state index contributed by atoms with van der Waals surface area (Å²) in [6.07, 6.45) is 8.58. The summed E-state index contributed by atoms with van der Waals surface area (Å²) < 4.78 is 62.3. The van der Waals surface area contributed by atoms with Crippen molar-refractivity contribution >= 4 is 20.2 Å². The molecule has 0 radical (unpaired) electrons. The van der Waals surface area contributed by atoms with Crippen LogP contribution in [0, 0.1) is 49.4 Å². The van der Waals surface area contributed by atoms with Crippen LogP contribution in [0.2, 0.25) is 0 Å². The van der Waals surface area contributed by atoms with Gasteiger partial charge >= 0.3 is 0 Å². The van der Waals surface area contributed by atoms with Gasteiger partial charge in [-0.25, -0.2) is 0 Å². The van der Waals surface area contributed by atoms with Crippen LogP contribution >= 0.6 is 0 Å². The second-order valence-electron chi connectivity index (χ2n) is 9.51. The smallest absolute Gasteiger partial charge is 0.266 e. The van der Waals surface area contributed by atoms with Gasteiger partial charge in [-0.1, -0.05) is 59.7 Å². The Morgan fingerprint density at radius 1 is 0.559 bits per heavy atom. The molecule has 4 aliphatic rings. The van der Waals surface area contributed by atoms with Gasteiger partial charge in [0, 0.05) is 0 Å². The summed E-state index contributed by atoms with van der Waals surface area (Å²) in [5.41, 5.74) is 1.92. The van der Waals surface area contributed by atoms with Crippen molar-refractivity contribution in [2.45, 2.75) is 23.6 Å². The SMILES string of the molecule is Cc1ccc(S(=O)(=O)OCC2C3C=CC(C4C=CC43)C2COS(=O)(=O)c2ccc(C)cc2)cc1. The fourth-order valence-electron chi connectivity index (χ4n) is 5.43. The minimum atomic E-state index is -3.92. The Bertz CT molecular complexity index is 1220. The molecular weight excluding hydrogens is 472 g/mol. The van der Waals surface area contributed by atoms with Crippen molar-refractivity contribution in [3.8, 4) is 0 Å². The van der Waals surface area contributed by atoms with Crippen LogP contribution in [0.5, 0.6) is 0 Å². The molecule has 6 rings (SSSR count). The third-order valence-corrected chi connectivity index (χ3v) is 10.0. The second-order valence-corrected chi connectivity index (χ2v) is 12.7. The van der Waals surface area contributed by atoms with Crippen LogP contribution in [-0.4, -0.2) is 30.0 Å². The summed E-state index contributed by atoms with van der Waals surface area (Å²) in [6, 6.07) is 13.1. The van der Waals surface area contributed by atoms with Gasteiger partial charge in [-0.3, -0.25) is 8.37 Å². The minimum Gasteiger partial charge on any atom is -0.266 e. The molecule has 0 N–H and O–H groups in total. The van der Waals surface area contributed by atoms with Crippen molar-refractivity contribution < 1.29 is 25.2 Å². The maximum absolute atomic E-state index is 12.8. The van der Waals surface area contributed by atoms with Crippen molar-refractivity contribution in [1.82, 2.24) is 0 Å². The van der Waals surface area contributed by atoms with E-state index in [-0.39, 0.29) is 46.7 Å². The normalized spacial score (nSPS) is 29.6. The van der Waals surface area contributed by atoms with E-state index >= 15 is 0 Å². The van der Waals surface area contributed by atoms with E-state index in [0.29, 0.717) is 11.8 Å². The molecule has 6 unspecified atom stereocenters. The molecule has 4 aliphatic carbocycles. The average Bonchev–Trinajstić information content (AvgIpc) is 2.77. The van der Waals surface area contributed by atoms with Crippen molar-refractivity contribution in [1.29, 1.82) is 0 Å². The Kier molecular flexibility index (Phi) is 6.04. The van der Waals surface area contributed by atoms with E-state index in [4.69, 9.17) is 8.37 Å². The molecule has 0 spiro atoms. The standard InChI is InChI=1S/C26H28O6S2/c1-17-3-7-19(8-4-17)33(27,28)31-15-25-23-13-14-24(22-12-11-21(22)23)26(25)16-32-34(29,30)20-9-5-18(2)6-10-20/h3-14,21-26H,15-16H2,1-2H3. The Morgan fingerprint density at radius 2 is 0.882 bits per heavy atom. The largest absolute Gasteiger partial charge is 0.296 e. The number of hydrogen-bond donors (Lipinski definition) is 0. The summed E-state index contributed by atoms with van der Waals surface area (Å²) in [7, 11) is -7.84. The number of allylic oxidation sites excluding steroid dienone is 4. The van der Waals surface area contributed by atoms with Crippen LogP contribution < -0.4 is 0 Å². The average molecular weight is 501 g/mol. The molecule has 1 fully saturated rings. The number of aryl methyl sites for hydroxylation is 2. The first-order valence-electron chi connectivity index (χ1n) is 11.4. The molecule has 0 heterocycles. The van der Waals surface area contributed by atoms with Crippen LogP contribution in [0.15, 0.2) is 82.6 Å². The lowest BCUT2D eigenvalue weighted by Gasteiger charge is -2.55. The first kappa shape index (κ1) is 23.5. The zero-order valence-electron chi connectivity index (χ0n) is 19.1. The van der Waals surface area contributed by atoms with E-state index in [9.17, 15) is 16.8 Å². The fraction of sp³-hybridized carbons (Fsp3) is 0.385. The number of benzene rings is 2. The number of rotatable bonds is 8. The molecule has 2 bridgehead atoms. The van der Waals surface area contributed by atoms with Crippen LogP contribution in [0.25, 0.3) is 0 Å². The van der Waals surface area contributed by atoms with Crippen LogP contribution in [0.3, 0.4) is 0 Å². The molecule has 0 aromatic heterocycles. The molecule has 180 valence electrons. The topological polar surface area (TPSA) is 86.7 Å². The molecule has 1 saturated carbocycles. The van der Waals surface area contributed by atoms with Gasteiger partial charge in [-0.05, 0) is 73.6 Å². The van der Waals surface area contributed by atoms with Gasteiger partial charge in [0.1, 0.15) is 0 Å². The fourth-order valence-corrected chi connectivity index (χ4v) is 7.31. The molecule has 6 atom stereocenters. The molecule has 6 nitrogen and oxygen atoms in total. The zero-order chi connectivity index (χ0) is 24.1. The van der Waals surface area contributed by atoms with E-state index in [2.05, 4.69) is 24.3 Å². The molecule has 0 aliphatic heterocycles. The monoisotopic (exact) mass is 500 g/mol. The van der Waals surface area contributed by atoms with Gasteiger partial charge in [-0.15, -0.1) is 0 Å². The highest BCUT2D eigenvalue weighted by atomic mass is 32.2. The van der Waals surface area contributed by atoms with E-state index in [1.165, 1.54) is 24.3 Å². The summed E-state index contributed by atoms with van der Waals surface area (Å²) in [4.78, 5) is 0.233. The lowest BCUT2D eigenvalue weighted by molar-refractivity contribution is -0.0116. The van der Waals surface area contributed by atoms with Crippen LogP contribution in [0.4, 0.5) is 0 Å². The van der Waals surface area contributed by atoms with Gasteiger partial charge in [-0.2, -0.15) is 16.8 Å². The van der Waals surface area contributed by atoms with Crippen molar-refractivity contribution in [3.63, 3.8) is 0 Å². The molecule has 0 amide bonds. The van der Waals surface area contributed by atoms with E-state index in [0.717, 1.165) is 11.1 Å². The van der Waals surface area contributed by atoms with Crippen molar-refractivity contribution in [3.05, 3.63) is 84.0 Å². The molecule has 2 aromatic rings. The van der Waals surface area contributed by atoms with Gasteiger partial charge in [0.2, 0.25) is 0 Å². The maximum Gasteiger partial charge on any atom is 0.296 e. The van der Waals surface area contributed by atoms with Gasteiger partial charge in [0.15, 0.2) is 0 Å². The summed E-state index contributed by atoms with van der Waals surface area (Å²) >= 11 is 0. The van der Waals surface area contributed by atoms with Gasteiger partial charge in [0.25, 0.3) is 20.2 Å². The lowest BCUT2D eigenvalue weighted by atomic mass is 9.50. The molecule has 34 heavy (non-hydrogen) atoms. The highest BCUT2D eigenvalue weighted by molar-refractivity contribution is 7.87.